The molecule has 3 rings (SSSR count). The maximum absolute atomic E-state index is 13.7. The van der Waals surface area contributed by atoms with Gasteiger partial charge in [-0.15, -0.1) is 0 Å². The number of carbonyl (C=O) groups excluding carboxylic acids is 2. The Labute approximate surface area is 162 Å². The minimum absolute atomic E-state index is 0.0460. The largest absolute Gasteiger partial charge is 0.348 e. The van der Waals surface area contributed by atoms with Crippen molar-refractivity contribution in [3.8, 4) is 0 Å². The molecule has 0 saturated carbocycles. The van der Waals surface area contributed by atoms with Crippen LogP contribution in [0.5, 0.6) is 0 Å². The highest BCUT2D eigenvalue weighted by Gasteiger charge is 2.14. The van der Waals surface area contributed by atoms with Crippen LogP contribution in [0.25, 0.3) is 0 Å². The van der Waals surface area contributed by atoms with Gasteiger partial charge >= 0.3 is 0 Å². The molecule has 6 heteroatoms. The van der Waals surface area contributed by atoms with E-state index in [0.717, 1.165) is 16.8 Å². The fraction of sp³-hybridized carbons (Fsp3) is 0.136. The highest BCUT2D eigenvalue weighted by Crippen LogP contribution is 2.20. The van der Waals surface area contributed by atoms with Crippen LogP contribution in [0.2, 0.25) is 0 Å². The number of aryl methyl sites for hydroxylation is 2. The Kier molecular flexibility index (Phi) is 5.79. The molecule has 3 aromatic rings. The number of amides is 2. The smallest absolute Gasteiger partial charge is 0.257 e. The van der Waals surface area contributed by atoms with Gasteiger partial charge in [0.1, 0.15) is 5.82 Å². The molecule has 0 bridgehead atoms. The monoisotopic (exact) mass is 377 g/mol. The zero-order chi connectivity index (χ0) is 20.1. The van der Waals surface area contributed by atoms with Gasteiger partial charge in [0, 0.05) is 30.2 Å². The third kappa shape index (κ3) is 4.40. The van der Waals surface area contributed by atoms with Crippen LogP contribution in [0.4, 0.5) is 10.1 Å². The molecule has 0 radical (unpaired) electrons. The molecule has 2 amide bonds. The molecule has 0 atom stereocenters. The van der Waals surface area contributed by atoms with Gasteiger partial charge in [-0.3, -0.25) is 14.6 Å². The van der Waals surface area contributed by atoms with Gasteiger partial charge in [-0.2, -0.15) is 0 Å². The van der Waals surface area contributed by atoms with E-state index in [1.807, 2.05) is 32.0 Å². The molecule has 0 aliphatic rings. The summed E-state index contributed by atoms with van der Waals surface area (Å²) >= 11 is 0. The van der Waals surface area contributed by atoms with Gasteiger partial charge in [-0.25, -0.2) is 4.39 Å². The second-order valence-electron chi connectivity index (χ2n) is 6.46. The number of nitrogens with zero attached hydrogens (tertiary/aromatic N) is 1. The molecule has 0 unspecified atom stereocenters. The summed E-state index contributed by atoms with van der Waals surface area (Å²) in [4.78, 5) is 28.9. The van der Waals surface area contributed by atoms with Crippen molar-refractivity contribution in [2.75, 3.05) is 5.32 Å². The van der Waals surface area contributed by atoms with Crippen LogP contribution in [-0.4, -0.2) is 16.8 Å². The standard InChI is InChI=1S/C22H20FN3O2/c1-14-6-5-7-15(2)20(14)26-22(28)18-10-17(11-24-12-18)21(27)25-13-16-8-3-4-9-19(16)23/h3-12H,13H2,1-2H3,(H,25,27)(H,26,28). The zero-order valence-corrected chi connectivity index (χ0v) is 15.6. The minimum Gasteiger partial charge on any atom is -0.348 e. The number of pyridine rings is 1. The van der Waals surface area contributed by atoms with Crippen LogP contribution in [0, 0.1) is 19.7 Å². The van der Waals surface area contributed by atoms with Crippen molar-refractivity contribution in [2.45, 2.75) is 20.4 Å². The van der Waals surface area contributed by atoms with Crippen molar-refractivity contribution in [2.24, 2.45) is 0 Å². The van der Waals surface area contributed by atoms with Gasteiger partial charge < -0.3 is 10.6 Å². The van der Waals surface area contributed by atoms with E-state index in [9.17, 15) is 14.0 Å². The quantitative estimate of drug-likeness (QED) is 0.705. The highest BCUT2D eigenvalue weighted by molar-refractivity contribution is 6.06. The molecule has 0 fully saturated rings. The summed E-state index contributed by atoms with van der Waals surface area (Å²) in [7, 11) is 0. The number of nitrogens with one attached hydrogen (secondary N) is 2. The van der Waals surface area contributed by atoms with Crippen LogP contribution in [0.3, 0.4) is 0 Å². The van der Waals surface area contributed by atoms with Gasteiger partial charge in [0.2, 0.25) is 0 Å². The Morgan fingerprint density at radius 3 is 2.25 bits per heavy atom. The molecule has 28 heavy (non-hydrogen) atoms. The summed E-state index contributed by atoms with van der Waals surface area (Å²) < 4.78 is 13.7. The first-order valence-electron chi connectivity index (χ1n) is 8.80. The molecule has 0 saturated heterocycles. The van der Waals surface area contributed by atoms with E-state index < -0.39 is 5.91 Å². The summed E-state index contributed by atoms with van der Waals surface area (Å²) in [6, 6.07) is 13.4. The molecule has 142 valence electrons. The van der Waals surface area contributed by atoms with Gasteiger partial charge in [-0.1, -0.05) is 36.4 Å². The maximum atomic E-state index is 13.7. The lowest BCUT2D eigenvalue weighted by Gasteiger charge is -2.12. The molecule has 1 heterocycles. The Bertz CT molecular complexity index is 1010. The number of benzene rings is 2. The SMILES string of the molecule is Cc1cccc(C)c1NC(=O)c1cncc(C(=O)NCc2ccccc2F)c1. The number of aromatic nitrogens is 1. The van der Waals surface area contributed by atoms with E-state index in [1.54, 1.807) is 18.2 Å². The third-order valence-corrected chi connectivity index (χ3v) is 4.38. The van der Waals surface area contributed by atoms with Crippen LogP contribution in [0.1, 0.15) is 37.4 Å². The van der Waals surface area contributed by atoms with Gasteiger partial charge in [0.05, 0.1) is 11.1 Å². The molecule has 2 aromatic carbocycles. The average Bonchev–Trinajstić information content (AvgIpc) is 2.70. The lowest BCUT2D eigenvalue weighted by molar-refractivity contribution is 0.0950. The number of hydrogen-bond acceptors (Lipinski definition) is 3. The minimum atomic E-state index is -0.433. The van der Waals surface area contributed by atoms with Crippen molar-refractivity contribution in [3.63, 3.8) is 0 Å². The lowest BCUT2D eigenvalue weighted by Crippen LogP contribution is -2.24. The summed E-state index contributed by atoms with van der Waals surface area (Å²) in [5.41, 5.74) is 3.50. The van der Waals surface area contributed by atoms with Crippen molar-refractivity contribution in [1.29, 1.82) is 0 Å². The fourth-order valence-electron chi connectivity index (χ4n) is 2.80. The highest BCUT2D eigenvalue weighted by atomic mass is 19.1. The topological polar surface area (TPSA) is 71.1 Å². The number of hydrogen-bond donors (Lipinski definition) is 2. The summed E-state index contributed by atoms with van der Waals surface area (Å²) in [6.45, 7) is 3.87. The van der Waals surface area contributed by atoms with Crippen LogP contribution in [0.15, 0.2) is 60.9 Å². The van der Waals surface area contributed by atoms with Gasteiger partial charge in [0.15, 0.2) is 0 Å². The van der Waals surface area contributed by atoms with Crippen LogP contribution < -0.4 is 10.6 Å². The molecule has 0 spiro atoms. The number of para-hydroxylation sites is 1. The first-order chi connectivity index (χ1) is 13.5. The van der Waals surface area contributed by atoms with Crippen molar-refractivity contribution >= 4 is 17.5 Å². The van der Waals surface area contributed by atoms with E-state index >= 15 is 0 Å². The van der Waals surface area contributed by atoms with Crippen LogP contribution in [-0.2, 0) is 6.54 Å². The zero-order valence-electron chi connectivity index (χ0n) is 15.6. The van der Waals surface area contributed by atoms with Crippen molar-refractivity contribution in [1.82, 2.24) is 10.3 Å². The number of halogens is 1. The molecule has 0 aliphatic carbocycles. The predicted molar refractivity (Wildman–Crippen MR) is 106 cm³/mol. The maximum Gasteiger partial charge on any atom is 0.257 e. The predicted octanol–water partition coefficient (Wildman–Crippen LogP) is 4.02. The lowest BCUT2D eigenvalue weighted by atomic mass is 10.1. The first-order valence-corrected chi connectivity index (χ1v) is 8.80. The number of carbonyl (C=O) groups is 2. The second kappa shape index (κ2) is 8.43. The average molecular weight is 377 g/mol. The van der Waals surface area contributed by atoms with Crippen LogP contribution >= 0.6 is 0 Å². The summed E-state index contributed by atoms with van der Waals surface area (Å²) in [5, 5.41) is 5.51. The van der Waals surface area contributed by atoms with Crippen molar-refractivity contribution in [3.05, 3.63) is 94.6 Å². The van der Waals surface area contributed by atoms with Gasteiger partial charge in [-0.05, 0) is 37.1 Å². The van der Waals surface area contributed by atoms with Crippen molar-refractivity contribution < 1.29 is 14.0 Å². The Balaban J connectivity index is 1.72. The van der Waals surface area contributed by atoms with Gasteiger partial charge in [0.25, 0.3) is 11.8 Å². The third-order valence-electron chi connectivity index (χ3n) is 4.38. The summed E-state index contributed by atoms with van der Waals surface area (Å²) in [6.07, 6.45) is 2.77. The first kappa shape index (κ1) is 19.2. The van der Waals surface area contributed by atoms with E-state index in [1.165, 1.54) is 24.5 Å². The Hall–Kier alpha value is -3.54. The molecule has 1 aromatic heterocycles. The van der Waals surface area contributed by atoms with E-state index in [2.05, 4.69) is 15.6 Å². The molecular formula is C22H20FN3O2. The number of anilines is 1. The Morgan fingerprint density at radius 2 is 1.57 bits per heavy atom. The normalized spacial score (nSPS) is 10.4. The molecule has 0 aliphatic heterocycles. The van der Waals surface area contributed by atoms with E-state index in [4.69, 9.17) is 0 Å². The fourth-order valence-corrected chi connectivity index (χ4v) is 2.80. The van der Waals surface area contributed by atoms with E-state index in [0.29, 0.717) is 5.56 Å². The summed E-state index contributed by atoms with van der Waals surface area (Å²) in [5.74, 6) is -1.17. The second-order valence-corrected chi connectivity index (χ2v) is 6.46. The Morgan fingerprint density at radius 1 is 0.929 bits per heavy atom. The molecule has 5 nitrogen and oxygen atoms in total. The van der Waals surface area contributed by atoms with E-state index in [-0.39, 0.29) is 29.4 Å². The number of rotatable bonds is 5. The molecule has 2 N–H and O–H groups in total. The molecular weight excluding hydrogens is 357 g/mol.